The van der Waals surface area contributed by atoms with Crippen molar-refractivity contribution in [3.8, 4) is 0 Å². The van der Waals surface area contributed by atoms with Gasteiger partial charge in [0.15, 0.2) is 0 Å². The fraction of sp³-hybridized carbons (Fsp3) is 0.500. The number of fused-ring (bicyclic) bond motifs is 1. The van der Waals surface area contributed by atoms with Crippen LogP contribution in [0.25, 0.3) is 10.9 Å². The van der Waals surface area contributed by atoms with Crippen molar-refractivity contribution in [3.63, 3.8) is 0 Å². The number of benzene rings is 1. The number of hydrogen-bond acceptors (Lipinski definition) is 7. The Labute approximate surface area is 225 Å². The normalized spacial score (nSPS) is 17.2. The number of carboxylic acid groups (broad SMARTS) is 1. The number of amides is 4. The second-order valence-corrected chi connectivity index (χ2v) is 9.69. The van der Waals surface area contributed by atoms with Crippen LogP contribution in [0.4, 0.5) is 0 Å². The highest BCUT2D eigenvalue weighted by Crippen LogP contribution is 2.19. The monoisotopic (exact) mass is 543 g/mol. The van der Waals surface area contributed by atoms with E-state index in [4.69, 9.17) is 11.5 Å². The maximum atomic E-state index is 13.2. The van der Waals surface area contributed by atoms with Crippen molar-refractivity contribution in [1.82, 2.24) is 26.3 Å². The van der Waals surface area contributed by atoms with Crippen LogP contribution < -0.4 is 32.7 Å². The van der Waals surface area contributed by atoms with Crippen LogP contribution in [-0.4, -0.2) is 76.9 Å². The van der Waals surface area contributed by atoms with Gasteiger partial charge in [-0.3, -0.25) is 19.2 Å². The van der Waals surface area contributed by atoms with Gasteiger partial charge >= 0.3 is 5.97 Å². The number of nitrogens with one attached hydrogen (secondary N) is 5. The molecule has 3 rings (SSSR count). The van der Waals surface area contributed by atoms with E-state index in [1.165, 1.54) is 0 Å². The molecule has 0 saturated carbocycles. The molecule has 1 fully saturated rings. The number of rotatable bonds is 15. The van der Waals surface area contributed by atoms with Crippen molar-refractivity contribution < 1.29 is 29.1 Å². The summed E-state index contributed by atoms with van der Waals surface area (Å²) >= 11 is 0. The minimum atomic E-state index is -1.43. The Kier molecular flexibility index (Phi) is 10.8. The number of hydrogen-bond donors (Lipinski definition) is 8. The third-order valence-corrected chi connectivity index (χ3v) is 6.71. The first-order valence-electron chi connectivity index (χ1n) is 13.1. The molecule has 1 saturated heterocycles. The van der Waals surface area contributed by atoms with Crippen molar-refractivity contribution in [1.29, 1.82) is 0 Å². The Morgan fingerprint density at radius 3 is 2.38 bits per heavy atom. The number of aromatic amines is 1. The first-order valence-corrected chi connectivity index (χ1v) is 13.1. The van der Waals surface area contributed by atoms with E-state index >= 15 is 0 Å². The number of carbonyl (C=O) groups excluding carboxylic acids is 4. The summed E-state index contributed by atoms with van der Waals surface area (Å²) in [6.45, 7) is 1.11. The number of unbranched alkanes of at least 4 members (excludes halogenated alkanes) is 1. The standard InChI is InChI=1S/C26H37N7O6/c27-10-4-3-8-19(31-23(35)18-9-5-11-29-18)24(36)32-20(13-22(28)34)25(37)33-21(26(38)39)12-15-14-30-17-7-2-1-6-16(15)17/h1-2,6-7,14,18-21,29-30H,3-5,8-13,27H2,(H2,28,34)(H,31,35)(H,32,36)(H,33,37)(H,38,39). The van der Waals surface area contributed by atoms with Crippen molar-refractivity contribution in [3.05, 3.63) is 36.0 Å². The molecule has 2 aromatic rings. The lowest BCUT2D eigenvalue weighted by molar-refractivity contribution is -0.142. The molecule has 4 atom stereocenters. The number of carboxylic acids is 1. The van der Waals surface area contributed by atoms with Crippen LogP contribution in [0.5, 0.6) is 0 Å². The molecule has 39 heavy (non-hydrogen) atoms. The van der Waals surface area contributed by atoms with E-state index in [2.05, 4.69) is 26.3 Å². The molecule has 212 valence electrons. The van der Waals surface area contributed by atoms with Crippen molar-refractivity contribution >= 4 is 40.5 Å². The molecule has 4 unspecified atom stereocenters. The molecule has 0 spiro atoms. The van der Waals surface area contributed by atoms with Crippen molar-refractivity contribution in [2.45, 2.75) is 69.1 Å². The lowest BCUT2D eigenvalue weighted by atomic mass is 10.0. The molecule has 0 bridgehead atoms. The van der Waals surface area contributed by atoms with E-state index in [0.717, 1.165) is 17.3 Å². The minimum Gasteiger partial charge on any atom is -0.480 e. The van der Waals surface area contributed by atoms with Gasteiger partial charge in [-0.2, -0.15) is 0 Å². The van der Waals surface area contributed by atoms with Gasteiger partial charge in [0.2, 0.25) is 23.6 Å². The predicted molar refractivity (Wildman–Crippen MR) is 143 cm³/mol. The van der Waals surface area contributed by atoms with Crippen LogP contribution in [0.15, 0.2) is 30.5 Å². The number of carbonyl (C=O) groups is 5. The van der Waals surface area contributed by atoms with Crippen LogP contribution >= 0.6 is 0 Å². The van der Waals surface area contributed by atoms with E-state index in [-0.39, 0.29) is 18.7 Å². The summed E-state index contributed by atoms with van der Waals surface area (Å²) in [7, 11) is 0. The van der Waals surface area contributed by atoms with Gasteiger partial charge in [0.25, 0.3) is 0 Å². The summed E-state index contributed by atoms with van der Waals surface area (Å²) in [5.74, 6) is -4.03. The number of nitrogens with two attached hydrogens (primary N) is 2. The van der Waals surface area contributed by atoms with Crippen LogP contribution in [0, 0.1) is 0 Å². The first-order chi connectivity index (χ1) is 18.7. The maximum Gasteiger partial charge on any atom is 0.326 e. The van der Waals surface area contributed by atoms with Gasteiger partial charge in [0, 0.05) is 23.5 Å². The Bertz CT molecular complexity index is 1180. The summed E-state index contributed by atoms with van der Waals surface area (Å²) in [6.07, 6.45) is 4.01. The smallest absolute Gasteiger partial charge is 0.326 e. The molecule has 1 aliphatic rings. The molecule has 0 aliphatic carbocycles. The minimum absolute atomic E-state index is 0.0332. The Hall–Kier alpha value is -3.97. The number of H-pyrrole nitrogens is 1. The van der Waals surface area contributed by atoms with Gasteiger partial charge < -0.3 is 42.8 Å². The van der Waals surface area contributed by atoms with Crippen molar-refractivity contribution in [2.75, 3.05) is 13.1 Å². The molecule has 1 aromatic carbocycles. The van der Waals surface area contributed by atoms with Crippen molar-refractivity contribution in [2.24, 2.45) is 11.5 Å². The zero-order valence-electron chi connectivity index (χ0n) is 21.7. The second kappa shape index (κ2) is 14.3. The van der Waals surface area contributed by atoms with Gasteiger partial charge in [0.1, 0.15) is 18.1 Å². The average Bonchev–Trinajstić information content (AvgIpc) is 3.58. The lowest BCUT2D eigenvalue weighted by Gasteiger charge is -2.25. The summed E-state index contributed by atoms with van der Waals surface area (Å²) < 4.78 is 0. The van der Waals surface area contributed by atoms with Gasteiger partial charge in [-0.1, -0.05) is 18.2 Å². The summed E-state index contributed by atoms with van der Waals surface area (Å²) in [4.78, 5) is 65.7. The number of primary amides is 1. The van der Waals surface area contributed by atoms with Crippen LogP contribution in [0.3, 0.4) is 0 Å². The number of para-hydroxylation sites is 1. The molecular formula is C26H37N7O6. The highest BCUT2D eigenvalue weighted by molar-refractivity contribution is 5.96. The SMILES string of the molecule is NCCCCC(NC(=O)C1CCCN1)C(=O)NC(CC(N)=O)C(=O)NC(Cc1c[nH]c2ccccc12)C(=O)O. The molecule has 0 radical (unpaired) electrons. The summed E-state index contributed by atoms with van der Waals surface area (Å²) in [6, 6.07) is 3.17. The van der Waals surface area contributed by atoms with E-state index in [1.807, 2.05) is 24.3 Å². The van der Waals surface area contributed by atoms with Gasteiger partial charge in [-0.15, -0.1) is 0 Å². The molecule has 10 N–H and O–H groups in total. The third kappa shape index (κ3) is 8.52. The first kappa shape index (κ1) is 29.6. The second-order valence-electron chi connectivity index (χ2n) is 9.69. The van der Waals surface area contributed by atoms with Gasteiger partial charge in [0.05, 0.1) is 12.5 Å². The molecule has 2 heterocycles. The maximum absolute atomic E-state index is 13.2. The van der Waals surface area contributed by atoms with Gasteiger partial charge in [-0.05, 0) is 56.8 Å². The van der Waals surface area contributed by atoms with E-state index in [1.54, 1.807) is 6.20 Å². The number of aromatic nitrogens is 1. The Balaban J connectivity index is 1.71. The third-order valence-electron chi connectivity index (χ3n) is 6.71. The van der Waals surface area contributed by atoms with Crippen LogP contribution in [-0.2, 0) is 30.4 Å². The van der Waals surface area contributed by atoms with E-state index in [9.17, 15) is 29.1 Å². The predicted octanol–water partition coefficient (Wildman–Crippen LogP) is -0.994. The Morgan fingerprint density at radius 2 is 1.72 bits per heavy atom. The highest BCUT2D eigenvalue weighted by Gasteiger charge is 2.32. The number of aliphatic carboxylic acids is 1. The molecule has 13 heteroatoms. The highest BCUT2D eigenvalue weighted by atomic mass is 16.4. The molecule has 4 amide bonds. The van der Waals surface area contributed by atoms with Gasteiger partial charge in [-0.25, -0.2) is 4.79 Å². The zero-order valence-corrected chi connectivity index (χ0v) is 21.7. The zero-order chi connectivity index (χ0) is 28.4. The molecular weight excluding hydrogens is 506 g/mol. The fourth-order valence-electron chi connectivity index (χ4n) is 4.62. The summed E-state index contributed by atoms with van der Waals surface area (Å²) in [5, 5.41) is 21.3. The van der Waals surface area contributed by atoms with E-state index in [0.29, 0.717) is 37.9 Å². The molecule has 1 aliphatic heterocycles. The van der Waals surface area contributed by atoms with E-state index < -0.39 is 54.3 Å². The fourth-order valence-corrected chi connectivity index (χ4v) is 4.62. The summed E-state index contributed by atoms with van der Waals surface area (Å²) in [5.41, 5.74) is 12.4. The quantitative estimate of drug-likeness (QED) is 0.130. The molecule has 13 nitrogen and oxygen atoms in total. The lowest BCUT2D eigenvalue weighted by Crippen LogP contribution is -2.57. The average molecular weight is 544 g/mol. The molecule has 1 aromatic heterocycles. The topological polar surface area (TPSA) is 222 Å². The largest absolute Gasteiger partial charge is 0.480 e. The van der Waals surface area contributed by atoms with Crippen LogP contribution in [0.1, 0.15) is 44.1 Å². The van der Waals surface area contributed by atoms with Crippen LogP contribution in [0.2, 0.25) is 0 Å². The Morgan fingerprint density at radius 1 is 1.00 bits per heavy atom.